The maximum absolute atomic E-state index is 5.98. The number of nitrogens with two attached hydrogens (primary N) is 1. The van der Waals surface area contributed by atoms with E-state index in [1.54, 1.807) is 6.07 Å². The molecule has 2 aromatic carbocycles. The highest BCUT2D eigenvalue weighted by atomic mass is 35.5. The van der Waals surface area contributed by atoms with E-state index in [4.69, 9.17) is 21.8 Å². The molecule has 0 saturated heterocycles. The molecule has 0 atom stereocenters. The summed E-state index contributed by atoms with van der Waals surface area (Å²) in [7, 11) is 1.93. The minimum absolute atomic E-state index is 0.561. The Morgan fingerprint density at radius 1 is 1.25 bits per heavy atom. The van der Waals surface area contributed by atoms with Crippen molar-refractivity contribution < 1.29 is 4.42 Å². The van der Waals surface area contributed by atoms with Crippen LogP contribution < -0.4 is 10.6 Å². The SMILES string of the molecule is CN(Cc1cccc(Cl)c1)c1nc2ccc(N)cc2o1. The van der Waals surface area contributed by atoms with E-state index >= 15 is 0 Å². The zero-order valence-corrected chi connectivity index (χ0v) is 11.8. The van der Waals surface area contributed by atoms with Crippen LogP contribution in [0.25, 0.3) is 11.1 Å². The standard InChI is InChI=1S/C15H14ClN3O/c1-19(9-10-3-2-4-11(16)7-10)15-18-13-6-5-12(17)8-14(13)20-15/h2-8H,9,17H2,1H3. The van der Waals surface area contributed by atoms with Gasteiger partial charge in [-0.1, -0.05) is 23.7 Å². The van der Waals surface area contributed by atoms with E-state index < -0.39 is 0 Å². The molecule has 1 aromatic heterocycles. The van der Waals surface area contributed by atoms with E-state index in [1.165, 1.54) is 0 Å². The third kappa shape index (κ3) is 2.56. The molecule has 3 rings (SSSR count). The summed E-state index contributed by atoms with van der Waals surface area (Å²) in [6, 6.07) is 13.7. The number of nitrogen functional groups attached to an aromatic ring is 1. The fourth-order valence-corrected chi connectivity index (χ4v) is 2.28. The molecule has 0 aliphatic carbocycles. The summed E-state index contributed by atoms with van der Waals surface area (Å²) in [5.41, 5.74) is 8.99. The number of oxazole rings is 1. The molecule has 0 aliphatic heterocycles. The highest BCUT2D eigenvalue weighted by molar-refractivity contribution is 6.30. The van der Waals surface area contributed by atoms with Gasteiger partial charge in [0.2, 0.25) is 0 Å². The van der Waals surface area contributed by atoms with Crippen molar-refractivity contribution in [3.05, 3.63) is 53.1 Å². The second-order valence-corrected chi connectivity index (χ2v) is 5.15. The van der Waals surface area contributed by atoms with Gasteiger partial charge < -0.3 is 15.1 Å². The Balaban J connectivity index is 1.86. The molecule has 0 radical (unpaired) electrons. The van der Waals surface area contributed by atoms with Crippen LogP contribution in [0.2, 0.25) is 5.02 Å². The topological polar surface area (TPSA) is 55.3 Å². The molecule has 0 fully saturated rings. The molecular weight excluding hydrogens is 274 g/mol. The van der Waals surface area contributed by atoms with Crippen molar-refractivity contribution in [2.75, 3.05) is 17.7 Å². The van der Waals surface area contributed by atoms with Crippen molar-refractivity contribution in [1.29, 1.82) is 0 Å². The summed E-state index contributed by atoms with van der Waals surface area (Å²) in [6.07, 6.45) is 0. The molecule has 0 amide bonds. The first-order valence-corrected chi connectivity index (χ1v) is 6.61. The first-order chi connectivity index (χ1) is 9.61. The molecule has 0 unspecified atom stereocenters. The lowest BCUT2D eigenvalue weighted by atomic mass is 10.2. The lowest BCUT2D eigenvalue weighted by Gasteiger charge is -2.14. The van der Waals surface area contributed by atoms with Crippen LogP contribution in [0.5, 0.6) is 0 Å². The molecule has 0 saturated carbocycles. The Morgan fingerprint density at radius 3 is 2.90 bits per heavy atom. The van der Waals surface area contributed by atoms with Crippen LogP contribution in [0.1, 0.15) is 5.56 Å². The predicted molar refractivity (Wildman–Crippen MR) is 82.0 cm³/mol. The summed E-state index contributed by atoms with van der Waals surface area (Å²) >= 11 is 5.98. The van der Waals surface area contributed by atoms with Crippen molar-refractivity contribution in [2.45, 2.75) is 6.54 Å². The number of aromatic nitrogens is 1. The predicted octanol–water partition coefficient (Wildman–Crippen LogP) is 3.70. The van der Waals surface area contributed by atoms with Crippen molar-refractivity contribution in [2.24, 2.45) is 0 Å². The van der Waals surface area contributed by atoms with Gasteiger partial charge in [0.15, 0.2) is 5.58 Å². The molecule has 0 bridgehead atoms. The first kappa shape index (κ1) is 12.8. The van der Waals surface area contributed by atoms with Crippen LogP contribution in [0, 0.1) is 0 Å². The monoisotopic (exact) mass is 287 g/mol. The summed E-state index contributed by atoms with van der Waals surface area (Å²) in [5, 5.41) is 0.723. The van der Waals surface area contributed by atoms with Crippen LogP contribution in [0.4, 0.5) is 11.7 Å². The Bertz CT molecular complexity index is 754. The minimum atomic E-state index is 0.561. The van der Waals surface area contributed by atoms with Gasteiger partial charge in [0.05, 0.1) is 0 Å². The summed E-state index contributed by atoms with van der Waals surface area (Å²) in [5.74, 6) is 0. The Kier molecular flexibility index (Phi) is 3.24. The van der Waals surface area contributed by atoms with Gasteiger partial charge in [0.1, 0.15) is 5.52 Å². The van der Waals surface area contributed by atoms with E-state index in [2.05, 4.69) is 4.98 Å². The number of benzene rings is 2. The smallest absolute Gasteiger partial charge is 0.298 e. The highest BCUT2D eigenvalue weighted by Crippen LogP contribution is 2.24. The number of fused-ring (bicyclic) bond motifs is 1. The molecule has 3 aromatic rings. The number of anilines is 2. The van der Waals surface area contributed by atoms with Crippen molar-refractivity contribution >= 4 is 34.4 Å². The van der Waals surface area contributed by atoms with Gasteiger partial charge in [-0.05, 0) is 29.8 Å². The normalized spacial score (nSPS) is 10.9. The number of hydrogen-bond donors (Lipinski definition) is 1. The van der Waals surface area contributed by atoms with Gasteiger partial charge in [0.25, 0.3) is 6.01 Å². The highest BCUT2D eigenvalue weighted by Gasteiger charge is 2.11. The lowest BCUT2D eigenvalue weighted by molar-refractivity contribution is 0.582. The fraction of sp³-hybridized carbons (Fsp3) is 0.133. The third-order valence-electron chi connectivity index (χ3n) is 3.04. The molecular formula is C15H14ClN3O. The zero-order chi connectivity index (χ0) is 14.1. The molecule has 1 heterocycles. The number of hydrogen-bond acceptors (Lipinski definition) is 4. The lowest BCUT2D eigenvalue weighted by Crippen LogP contribution is -2.16. The molecule has 0 aliphatic rings. The van der Waals surface area contributed by atoms with Gasteiger partial charge in [-0.3, -0.25) is 0 Å². The van der Waals surface area contributed by atoms with Crippen LogP contribution in [-0.4, -0.2) is 12.0 Å². The zero-order valence-electron chi connectivity index (χ0n) is 11.0. The quantitative estimate of drug-likeness (QED) is 0.746. The van der Waals surface area contributed by atoms with Crippen molar-refractivity contribution in [1.82, 2.24) is 4.98 Å². The summed E-state index contributed by atoms with van der Waals surface area (Å²) in [6.45, 7) is 0.670. The maximum Gasteiger partial charge on any atom is 0.298 e. The van der Waals surface area contributed by atoms with Crippen LogP contribution in [0.3, 0.4) is 0 Å². The second kappa shape index (κ2) is 5.06. The van der Waals surface area contributed by atoms with Crippen molar-refractivity contribution in [3.8, 4) is 0 Å². The van der Waals surface area contributed by atoms with E-state index in [0.717, 1.165) is 16.1 Å². The van der Waals surface area contributed by atoms with Crippen LogP contribution in [-0.2, 0) is 6.54 Å². The molecule has 20 heavy (non-hydrogen) atoms. The molecule has 2 N–H and O–H groups in total. The summed E-state index contributed by atoms with van der Waals surface area (Å²) in [4.78, 5) is 6.38. The molecule has 4 nitrogen and oxygen atoms in total. The number of nitrogens with zero attached hydrogens (tertiary/aromatic N) is 2. The fourth-order valence-electron chi connectivity index (χ4n) is 2.07. The number of halogens is 1. The van der Waals surface area contributed by atoms with Gasteiger partial charge in [-0.25, -0.2) is 0 Å². The molecule has 0 spiro atoms. The largest absolute Gasteiger partial charge is 0.423 e. The average molecular weight is 288 g/mol. The van der Waals surface area contributed by atoms with E-state index in [1.807, 2.05) is 48.3 Å². The Morgan fingerprint density at radius 2 is 2.10 bits per heavy atom. The average Bonchev–Trinajstić information content (AvgIpc) is 2.81. The van der Waals surface area contributed by atoms with Gasteiger partial charge >= 0.3 is 0 Å². The minimum Gasteiger partial charge on any atom is -0.423 e. The Hall–Kier alpha value is -2.20. The first-order valence-electron chi connectivity index (χ1n) is 6.23. The molecule has 102 valence electrons. The van der Waals surface area contributed by atoms with Crippen LogP contribution >= 0.6 is 11.6 Å². The van der Waals surface area contributed by atoms with E-state index in [9.17, 15) is 0 Å². The maximum atomic E-state index is 5.98. The van der Waals surface area contributed by atoms with Crippen LogP contribution in [0.15, 0.2) is 46.9 Å². The second-order valence-electron chi connectivity index (χ2n) is 4.71. The van der Waals surface area contributed by atoms with Gasteiger partial charge in [-0.2, -0.15) is 4.98 Å². The molecule has 5 heteroatoms. The third-order valence-corrected chi connectivity index (χ3v) is 3.27. The summed E-state index contributed by atoms with van der Waals surface area (Å²) < 4.78 is 5.71. The van der Waals surface area contributed by atoms with Gasteiger partial charge in [-0.15, -0.1) is 0 Å². The van der Waals surface area contributed by atoms with E-state index in [-0.39, 0.29) is 0 Å². The van der Waals surface area contributed by atoms with E-state index in [0.29, 0.717) is 23.8 Å². The Labute approximate surface area is 121 Å². The van der Waals surface area contributed by atoms with Gasteiger partial charge in [0, 0.05) is 30.4 Å². The number of rotatable bonds is 3. The van der Waals surface area contributed by atoms with Crippen molar-refractivity contribution in [3.63, 3.8) is 0 Å².